The van der Waals surface area contributed by atoms with Crippen molar-refractivity contribution in [1.29, 1.82) is 0 Å². The summed E-state index contributed by atoms with van der Waals surface area (Å²) in [5.74, 6) is 2.14. The second kappa shape index (κ2) is 7.69. The summed E-state index contributed by atoms with van der Waals surface area (Å²) >= 11 is 0. The number of rotatable bonds is 5. The van der Waals surface area contributed by atoms with Gasteiger partial charge in [-0.1, -0.05) is 70.2 Å². The largest absolute Gasteiger partial charge is 0.456 e. The van der Waals surface area contributed by atoms with Crippen molar-refractivity contribution in [3.8, 4) is 11.3 Å². The van der Waals surface area contributed by atoms with Gasteiger partial charge in [-0.3, -0.25) is 0 Å². The van der Waals surface area contributed by atoms with Gasteiger partial charge in [0.25, 0.3) is 0 Å². The molecule has 0 aliphatic carbocycles. The van der Waals surface area contributed by atoms with Crippen LogP contribution in [0.2, 0.25) is 0 Å². The molecule has 0 aliphatic rings. The molecule has 25 heavy (non-hydrogen) atoms. The highest BCUT2D eigenvalue weighted by Crippen LogP contribution is 2.21. The van der Waals surface area contributed by atoms with Gasteiger partial charge in [-0.25, -0.2) is 4.58 Å². The van der Waals surface area contributed by atoms with Crippen LogP contribution in [0, 0.1) is 11.8 Å². The van der Waals surface area contributed by atoms with Gasteiger partial charge in [0.15, 0.2) is 0 Å². The van der Waals surface area contributed by atoms with Gasteiger partial charge in [0.05, 0.1) is 11.5 Å². The summed E-state index contributed by atoms with van der Waals surface area (Å²) in [5, 5.41) is 2.45. The number of fused-ring (bicyclic) bond motifs is 1. The molecule has 0 saturated carbocycles. The maximum atomic E-state index is 6.22. The number of nitrogens with zero attached hydrogens (tertiary/aromatic N) is 1. The smallest absolute Gasteiger partial charge is 0.214 e. The van der Waals surface area contributed by atoms with E-state index in [0.717, 1.165) is 30.0 Å². The Morgan fingerprint density at radius 3 is 2.04 bits per heavy atom. The number of hydrogen-bond donors (Lipinski definition) is 0. The summed E-state index contributed by atoms with van der Waals surface area (Å²) < 4.78 is 8.74. The summed E-state index contributed by atoms with van der Waals surface area (Å²) in [5.41, 5.74) is 2.06. The molecular weight excluding hydrogens is 306 g/mol. The molecule has 0 spiro atoms. The van der Waals surface area contributed by atoms with Crippen molar-refractivity contribution in [2.45, 2.75) is 27.7 Å². The Kier molecular flexibility index (Phi) is 5.37. The predicted octanol–water partition coefficient (Wildman–Crippen LogP) is 5.18. The van der Waals surface area contributed by atoms with Crippen LogP contribution >= 0.6 is 0 Å². The topological polar surface area (TPSA) is 16.1 Å². The minimum atomic E-state index is 0.606. The second-order valence-corrected chi connectivity index (χ2v) is 7.55. The van der Waals surface area contributed by atoms with E-state index in [9.17, 15) is 0 Å². The summed E-state index contributed by atoms with van der Waals surface area (Å²) in [7, 11) is 0. The van der Waals surface area contributed by atoms with E-state index in [0.29, 0.717) is 11.8 Å². The van der Waals surface area contributed by atoms with Gasteiger partial charge in [-0.2, -0.15) is 0 Å². The molecule has 2 nitrogen and oxygen atoms in total. The van der Waals surface area contributed by atoms with Gasteiger partial charge in [0.1, 0.15) is 24.4 Å². The Hall–Kier alpha value is -2.35. The highest BCUT2D eigenvalue weighted by atomic mass is 16.3. The van der Waals surface area contributed by atoms with Crippen LogP contribution in [0.3, 0.4) is 0 Å². The first-order chi connectivity index (χ1) is 12.0. The molecule has 0 saturated heterocycles. The van der Waals surface area contributed by atoms with Gasteiger partial charge in [0.2, 0.25) is 5.36 Å². The van der Waals surface area contributed by atoms with Crippen LogP contribution in [0.4, 0.5) is 0 Å². The van der Waals surface area contributed by atoms with E-state index in [1.54, 1.807) is 0 Å². The third kappa shape index (κ3) is 4.19. The molecule has 0 bridgehead atoms. The van der Waals surface area contributed by atoms with Gasteiger partial charge < -0.3 is 4.42 Å². The zero-order valence-electron chi connectivity index (χ0n) is 15.7. The van der Waals surface area contributed by atoms with Crippen molar-refractivity contribution < 1.29 is 4.42 Å². The molecule has 2 aromatic carbocycles. The monoisotopic (exact) mass is 334 g/mol. The summed E-state index contributed by atoms with van der Waals surface area (Å²) in [6, 6.07) is 20.9. The first-order valence-corrected chi connectivity index (χ1v) is 9.21. The van der Waals surface area contributed by atoms with E-state index < -0.39 is 0 Å². The molecule has 1 aromatic heterocycles. The minimum Gasteiger partial charge on any atom is -0.456 e. The molecule has 3 rings (SSSR count). The van der Waals surface area contributed by atoms with E-state index in [2.05, 4.69) is 80.8 Å². The lowest BCUT2D eigenvalue weighted by atomic mass is 10.1. The van der Waals surface area contributed by atoms with Crippen LogP contribution in [-0.2, 0) is 0 Å². The van der Waals surface area contributed by atoms with Crippen molar-refractivity contribution in [3.05, 3.63) is 66.0 Å². The molecule has 0 unspecified atom stereocenters. The Labute approximate surface area is 150 Å². The van der Waals surface area contributed by atoms with Gasteiger partial charge in [0, 0.05) is 17.4 Å². The number of hydrogen-bond acceptors (Lipinski definition) is 1. The minimum absolute atomic E-state index is 0.606. The van der Waals surface area contributed by atoms with Crippen molar-refractivity contribution in [2.75, 3.05) is 13.1 Å². The standard InChI is InChI=1S/C23H28NO/c1-17(2)15-24(16-18(3)4)21-14-23(19-10-6-5-7-11-19)25-22-13-9-8-12-20(21)22/h5-14,17-18H,15-16H2,1-4H3/q+1. The first-order valence-electron chi connectivity index (χ1n) is 9.21. The summed E-state index contributed by atoms with van der Waals surface area (Å²) in [4.78, 5) is 0. The summed E-state index contributed by atoms with van der Waals surface area (Å²) in [6.45, 7) is 11.2. The fraction of sp³-hybridized carbons (Fsp3) is 0.348. The molecule has 0 atom stereocenters. The highest BCUT2D eigenvalue weighted by Gasteiger charge is 2.16. The Balaban J connectivity index is 2.32. The van der Waals surface area contributed by atoms with Crippen LogP contribution in [0.15, 0.2) is 65.1 Å². The lowest BCUT2D eigenvalue weighted by molar-refractivity contribution is 0.433. The lowest BCUT2D eigenvalue weighted by Crippen LogP contribution is -2.36. The van der Waals surface area contributed by atoms with Crippen LogP contribution in [0.1, 0.15) is 27.7 Å². The first kappa shape index (κ1) is 17.5. The summed E-state index contributed by atoms with van der Waals surface area (Å²) in [6.07, 6.45) is 0. The van der Waals surface area contributed by atoms with Crippen molar-refractivity contribution in [2.24, 2.45) is 11.8 Å². The van der Waals surface area contributed by atoms with Crippen LogP contribution in [0.5, 0.6) is 0 Å². The van der Waals surface area contributed by atoms with Gasteiger partial charge in [-0.15, -0.1) is 0 Å². The number of para-hydroxylation sites is 1. The second-order valence-electron chi connectivity index (χ2n) is 7.55. The number of benzene rings is 2. The molecule has 0 aliphatic heterocycles. The van der Waals surface area contributed by atoms with Gasteiger partial charge in [-0.05, 0) is 12.1 Å². The van der Waals surface area contributed by atoms with E-state index in [1.807, 2.05) is 12.1 Å². The average molecular weight is 334 g/mol. The Bertz CT molecular complexity index is 892. The van der Waals surface area contributed by atoms with E-state index >= 15 is 0 Å². The lowest BCUT2D eigenvalue weighted by Gasteiger charge is -2.11. The molecule has 1 heterocycles. The van der Waals surface area contributed by atoms with Crippen molar-refractivity contribution >= 4 is 11.0 Å². The molecule has 0 radical (unpaired) electrons. The molecule has 2 heteroatoms. The van der Waals surface area contributed by atoms with E-state index in [4.69, 9.17) is 4.42 Å². The third-order valence-electron chi connectivity index (χ3n) is 4.22. The fourth-order valence-corrected chi connectivity index (χ4v) is 3.28. The van der Waals surface area contributed by atoms with Crippen LogP contribution in [-0.4, -0.2) is 13.1 Å². The maximum absolute atomic E-state index is 6.22. The SMILES string of the molecule is CC(C)C[N+](CC(C)C)=c1cc(-c2ccccc2)oc2ccccc12. The molecule has 130 valence electrons. The molecule has 0 N–H and O–H groups in total. The highest BCUT2D eigenvalue weighted by molar-refractivity contribution is 5.78. The van der Waals surface area contributed by atoms with Crippen LogP contribution in [0.25, 0.3) is 22.3 Å². The fourth-order valence-electron chi connectivity index (χ4n) is 3.28. The maximum Gasteiger partial charge on any atom is 0.214 e. The normalized spacial score (nSPS) is 11.4. The predicted molar refractivity (Wildman–Crippen MR) is 106 cm³/mol. The average Bonchev–Trinajstić information content (AvgIpc) is 2.60. The molecular formula is C23H28NO+. The van der Waals surface area contributed by atoms with Crippen molar-refractivity contribution in [3.63, 3.8) is 0 Å². The Morgan fingerprint density at radius 2 is 1.40 bits per heavy atom. The third-order valence-corrected chi connectivity index (χ3v) is 4.22. The van der Waals surface area contributed by atoms with E-state index in [1.165, 1.54) is 10.7 Å². The molecule has 0 amide bonds. The molecule has 0 fully saturated rings. The van der Waals surface area contributed by atoms with Crippen LogP contribution < -0.4 is 9.93 Å². The zero-order valence-corrected chi connectivity index (χ0v) is 15.7. The zero-order chi connectivity index (χ0) is 17.8. The van der Waals surface area contributed by atoms with Gasteiger partial charge >= 0.3 is 0 Å². The van der Waals surface area contributed by atoms with E-state index in [-0.39, 0.29) is 0 Å². The quantitative estimate of drug-likeness (QED) is 0.587. The molecule has 3 aromatic rings. The Morgan fingerprint density at radius 1 is 0.800 bits per heavy atom. The van der Waals surface area contributed by atoms with Crippen molar-refractivity contribution in [1.82, 2.24) is 4.58 Å².